The summed E-state index contributed by atoms with van der Waals surface area (Å²) in [5, 5.41) is 106. The number of fused-ring (bicyclic) bond motifs is 2. The Morgan fingerprint density at radius 2 is 1.07 bits per heavy atom. The molecule has 0 aliphatic carbocycles. The Balaban J connectivity index is 1.49. The minimum atomic E-state index is -1.68. The van der Waals surface area contributed by atoms with E-state index in [4.69, 9.17) is 9.47 Å². The van der Waals surface area contributed by atoms with Crippen LogP contribution in [0.5, 0.6) is 51.7 Å². The van der Waals surface area contributed by atoms with Crippen LogP contribution in [0, 0.1) is 0 Å². The highest BCUT2D eigenvalue weighted by molar-refractivity contribution is 5.66. The van der Waals surface area contributed by atoms with Gasteiger partial charge in [-0.05, 0) is 47.5 Å². The number of phenolic OH excluding ortho intramolecular Hbond substituents is 7. The van der Waals surface area contributed by atoms with Crippen LogP contribution in [0.2, 0.25) is 0 Å². The van der Waals surface area contributed by atoms with Gasteiger partial charge in [-0.15, -0.1) is 0 Å². The van der Waals surface area contributed by atoms with Crippen molar-refractivity contribution in [2.45, 2.75) is 36.4 Å². The van der Waals surface area contributed by atoms with Gasteiger partial charge >= 0.3 is 0 Å². The zero-order valence-corrected chi connectivity index (χ0v) is 21.5. The highest BCUT2D eigenvalue weighted by atomic mass is 16.5. The molecule has 4 aromatic carbocycles. The van der Waals surface area contributed by atoms with Gasteiger partial charge in [-0.1, -0.05) is 24.3 Å². The average Bonchev–Trinajstić information content (AvgIpc) is 2.97. The average molecular weight is 579 g/mol. The van der Waals surface area contributed by atoms with Crippen LogP contribution in [-0.4, -0.2) is 63.3 Å². The molecule has 42 heavy (non-hydrogen) atoms. The van der Waals surface area contributed by atoms with Crippen molar-refractivity contribution >= 4 is 0 Å². The van der Waals surface area contributed by atoms with E-state index in [1.165, 1.54) is 42.5 Å². The maximum absolute atomic E-state index is 11.6. The first-order valence-electron chi connectivity index (χ1n) is 12.8. The summed E-state index contributed by atoms with van der Waals surface area (Å²) < 4.78 is 11.7. The lowest BCUT2D eigenvalue weighted by atomic mass is 9.78. The molecule has 0 fully saturated rings. The number of aromatic hydroxyl groups is 7. The van der Waals surface area contributed by atoms with Crippen LogP contribution in [0.4, 0.5) is 0 Å². The van der Waals surface area contributed by atoms with Crippen molar-refractivity contribution in [1.29, 1.82) is 0 Å². The molecule has 0 unspecified atom stereocenters. The van der Waals surface area contributed by atoms with E-state index in [0.717, 1.165) is 18.2 Å². The number of phenols is 7. The predicted octanol–water partition coefficient (Wildman–Crippen LogP) is 2.78. The lowest BCUT2D eigenvalue weighted by Crippen LogP contribution is -2.36. The molecule has 6 rings (SSSR count). The number of ether oxygens (including phenoxy) is 2. The molecule has 2 aliphatic heterocycles. The molecule has 0 saturated heterocycles. The SMILES string of the molecule is Oc1ccc([C@H]2Oc3c(ccc(O)c3O)[C@H](c3cc4c(c(O)c3O)O[C@H](c3ccc(O)c(O)c3)[C@H](O)[C@@H]4O)[C@H]2O)cc1. The van der Waals surface area contributed by atoms with Crippen molar-refractivity contribution in [3.05, 3.63) is 88.5 Å². The number of hydrogen-bond acceptors (Lipinski definition) is 12. The maximum atomic E-state index is 11.6. The third-order valence-electron chi connectivity index (χ3n) is 7.74. The smallest absolute Gasteiger partial charge is 0.201 e. The third kappa shape index (κ3) is 4.12. The molecule has 0 amide bonds. The van der Waals surface area contributed by atoms with E-state index in [0.29, 0.717) is 5.56 Å². The first-order chi connectivity index (χ1) is 20.0. The number of rotatable bonds is 3. The van der Waals surface area contributed by atoms with Gasteiger partial charge in [0.1, 0.15) is 24.1 Å². The van der Waals surface area contributed by atoms with E-state index in [1.807, 2.05) is 0 Å². The summed E-state index contributed by atoms with van der Waals surface area (Å²) in [5.74, 6) is -5.45. The fourth-order valence-electron chi connectivity index (χ4n) is 5.57. The lowest BCUT2D eigenvalue weighted by molar-refractivity contribution is -0.0712. The molecule has 12 nitrogen and oxygen atoms in total. The Morgan fingerprint density at radius 1 is 0.476 bits per heavy atom. The third-order valence-corrected chi connectivity index (χ3v) is 7.74. The van der Waals surface area contributed by atoms with Gasteiger partial charge < -0.3 is 60.5 Å². The molecule has 218 valence electrons. The fourth-order valence-corrected chi connectivity index (χ4v) is 5.57. The molecule has 10 N–H and O–H groups in total. The van der Waals surface area contributed by atoms with E-state index >= 15 is 0 Å². The molecule has 0 bridgehead atoms. The quantitative estimate of drug-likeness (QED) is 0.159. The molecule has 2 aliphatic rings. The second kappa shape index (κ2) is 9.80. The Bertz CT molecular complexity index is 1690. The van der Waals surface area contributed by atoms with Gasteiger partial charge in [0.15, 0.2) is 46.7 Å². The van der Waals surface area contributed by atoms with Crippen LogP contribution >= 0.6 is 0 Å². The summed E-state index contributed by atoms with van der Waals surface area (Å²) in [7, 11) is 0. The Hall–Kier alpha value is -5.04. The van der Waals surface area contributed by atoms with E-state index in [-0.39, 0.29) is 39.5 Å². The van der Waals surface area contributed by atoms with Gasteiger partial charge in [-0.25, -0.2) is 0 Å². The Kier molecular flexibility index (Phi) is 6.34. The largest absolute Gasteiger partial charge is 0.508 e. The van der Waals surface area contributed by atoms with Crippen LogP contribution in [0.25, 0.3) is 0 Å². The van der Waals surface area contributed by atoms with Gasteiger partial charge in [0.2, 0.25) is 11.5 Å². The normalized spacial score (nSPS) is 24.6. The second-order valence-corrected chi connectivity index (χ2v) is 10.3. The molecule has 12 heteroatoms. The monoisotopic (exact) mass is 578 g/mol. The molecule has 0 spiro atoms. The van der Waals surface area contributed by atoms with Crippen LogP contribution in [0.3, 0.4) is 0 Å². The van der Waals surface area contributed by atoms with Crippen molar-refractivity contribution in [1.82, 2.24) is 0 Å². The fraction of sp³-hybridized carbons (Fsp3) is 0.200. The molecule has 0 radical (unpaired) electrons. The molecule has 4 aromatic rings. The molecular formula is C30H26O12. The van der Waals surface area contributed by atoms with Crippen LogP contribution in [0.1, 0.15) is 52.0 Å². The van der Waals surface area contributed by atoms with E-state index in [1.54, 1.807) is 0 Å². The van der Waals surface area contributed by atoms with Crippen molar-refractivity contribution in [3.63, 3.8) is 0 Å². The van der Waals surface area contributed by atoms with Crippen molar-refractivity contribution in [3.8, 4) is 51.7 Å². The molecular weight excluding hydrogens is 552 g/mol. The topological polar surface area (TPSA) is 221 Å². The molecule has 2 heterocycles. The van der Waals surface area contributed by atoms with E-state index in [9.17, 15) is 51.1 Å². The highest BCUT2D eigenvalue weighted by Gasteiger charge is 2.45. The summed E-state index contributed by atoms with van der Waals surface area (Å²) in [6, 6.07) is 13.0. The van der Waals surface area contributed by atoms with Crippen LogP contribution in [-0.2, 0) is 0 Å². The van der Waals surface area contributed by atoms with Crippen molar-refractivity contribution in [2.75, 3.05) is 0 Å². The standard InChI is InChI=1S/C30H26O12/c31-13-4-1-11(2-5-13)27-24(38)20(14-6-8-18(33)23(37)29(14)41-27)15-10-16-22(36)25(39)28(42-30(16)26(40)21(15)35)12-3-7-17(32)19(34)9-12/h1-10,20,22,24-25,27-28,31-40H/t20-,22-,24-,25-,27-,28-/m1/s1. The summed E-state index contributed by atoms with van der Waals surface area (Å²) in [6.45, 7) is 0. The predicted molar refractivity (Wildman–Crippen MR) is 143 cm³/mol. The van der Waals surface area contributed by atoms with Gasteiger partial charge in [-0.2, -0.15) is 0 Å². The first-order valence-corrected chi connectivity index (χ1v) is 12.8. The van der Waals surface area contributed by atoms with E-state index in [2.05, 4.69) is 0 Å². The number of hydrogen-bond donors (Lipinski definition) is 10. The summed E-state index contributed by atoms with van der Waals surface area (Å²) in [4.78, 5) is 0. The second-order valence-electron chi connectivity index (χ2n) is 10.3. The Morgan fingerprint density at radius 3 is 1.74 bits per heavy atom. The minimum Gasteiger partial charge on any atom is -0.508 e. The van der Waals surface area contributed by atoms with Gasteiger partial charge in [0.25, 0.3) is 0 Å². The van der Waals surface area contributed by atoms with Crippen LogP contribution in [0.15, 0.2) is 60.7 Å². The molecule has 6 atom stereocenters. The summed E-state index contributed by atoms with van der Waals surface area (Å²) in [5.41, 5.74) is 0.418. The van der Waals surface area contributed by atoms with Gasteiger partial charge in [-0.3, -0.25) is 0 Å². The lowest BCUT2D eigenvalue weighted by Gasteiger charge is -2.39. The summed E-state index contributed by atoms with van der Waals surface area (Å²) in [6.07, 6.45) is -7.29. The molecule has 0 aromatic heterocycles. The van der Waals surface area contributed by atoms with Crippen molar-refractivity contribution in [2.24, 2.45) is 0 Å². The minimum absolute atomic E-state index is 0.0490. The number of aliphatic hydroxyl groups is 3. The zero-order chi connectivity index (χ0) is 30.0. The molecule has 0 saturated carbocycles. The van der Waals surface area contributed by atoms with Gasteiger partial charge in [0, 0.05) is 22.6 Å². The number of benzene rings is 4. The Labute approximate surface area is 237 Å². The first kappa shape index (κ1) is 27.1. The van der Waals surface area contributed by atoms with Crippen LogP contribution < -0.4 is 9.47 Å². The van der Waals surface area contributed by atoms with Crippen molar-refractivity contribution < 1.29 is 60.5 Å². The van der Waals surface area contributed by atoms with E-state index < -0.39 is 70.9 Å². The summed E-state index contributed by atoms with van der Waals surface area (Å²) >= 11 is 0. The number of aliphatic hydroxyl groups excluding tert-OH is 3. The highest BCUT2D eigenvalue weighted by Crippen LogP contribution is 2.57. The maximum Gasteiger partial charge on any atom is 0.201 e. The zero-order valence-electron chi connectivity index (χ0n) is 21.5. The van der Waals surface area contributed by atoms with Gasteiger partial charge in [0.05, 0.1) is 0 Å².